The topological polar surface area (TPSA) is 62.4 Å². The summed E-state index contributed by atoms with van der Waals surface area (Å²) in [5.41, 5.74) is 4.77. The van der Waals surface area contributed by atoms with Gasteiger partial charge in [0.1, 0.15) is 6.61 Å². The van der Waals surface area contributed by atoms with E-state index in [-0.39, 0.29) is 12.5 Å². The monoisotopic (exact) mass is 449 g/mol. The third-order valence-electron chi connectivity index (χ3n) is 6.02. The van der Waals surface area contributed by atoms with Gasteiger partial charge in [0.15, 0.2) is 0 Å². The number of rotatable bonds is 9. The highest BCUT2D eigenvalue weighted by atomic mass is 16.4. The van der Waals surface area contributed by atoms with Crippen LogP contribution in [0.15, 0.2) is 101 Å². The Bertz CT molecular complexity index is 1310. The van der Waals surface area contributed by atoms with Gasteiger partial charge in [-0.2, -0.15) is 0 Å². The molecule has 0 saturated heterocycles. The second kappa shape index (κ2) is 10.4. The molecule has 5 nitrogen and oxygen atoms in total. The maximum absolute atomic E-state index is 9.25. The van der Waals surface area contributed by atoms with Crippen LogP contribution in [0.2, 0.25) is 0 Å². The molecular formula is C29H27N3O2. The van der Waals surface area contributed by atoms with Crippen molar-refractivity contribution in [1.82, 2.24) is 15.1 Å². The summed E-state index contributed by atoms with van der Waals surface area (Å²) in [5, 5.41) is 19.6. The Morgan fingerprint density at radius 1 is 0.735 bits per heavy atom. The molecule has 0 saturated carbocycles. The molecule has 5 heteroatoms. The molecule has 0 aliphatic heterocycles. The molecule has 1 N–H and O–H groups in total. The highest BCUT2D eigenvalue weighted by Gasteiger charge is 2.12. The Kier molecular flexibility index (Phi) is 6.75. The van der Waals surface area contributed by atoms with Crippen LogP contribution in [0.3, 0.4) is 0 Å². The molecule has 0 aliphatic carbocycles. The van der Waals surface area contributed by atoms with Crippen molar-refractivity contribution in [3.05, 3.63) is 120 Å². The normalized spacial score (nSPS) is 11.4. The van der Waals surface area contributed by atoms with Gasteiger partial charge in [-0.3, -0.25) is 4.90 Å². The van der Waals surface area contributed by atoms with Crippen LogP contribution in [-0.2, 0) is 26.1 Å². The third kappa shape index (κ3) is 5.22. The Labute approximate surface area is 199 Å². The highest BCUT2D eigenvalue weighted by molar-refractivity contribution is 5.89. The van der Waals surface area contributed by atoms with Crippen LogP contribution >= 0.6 is 0 Å². The van der Waals surface area contributed by atoms with E-state index in [1.54, 1.807) is 0 Å². The van der Waals surface area contributed by atoms with Crippen molar-refractivity contribution < 1.29 is 9.52 Å². The van der Waals surface area contributed by atoms with Gasteiger partial charge in [0.05, 0.1) is 0 Å². The Morgan fingerprint density at radius 3 is 2.09 bits per heavy atom. The molecule has 0 atom stereocenters. The fraction of sp³-hybridized carbons (Fsp3) is 0.172. The van der Waals surface area contributed by atoms with Crippen molar-refractivity contribution in [2.75, 3.05) is 6.54 Å². The number of hydrogen-bond acceptors (Lipinski definition) is 5. The van der Waals surface area contributed by atoms with Crippen LogP contribution < -0.4 is 0 Å². The molecule has 0 bridgehead atoms. The SMILES string of the molecule is OCc1nnc(-c2ccc3cccc(CCN(Cc4ccccc4)Cc4ccccc4)c3c2)o1. The minimum absolute atomic E-state index is 0.223. The van der Waals surface area contributed by atoms with Crippen LogP contribution in [0.4, 0.5) is 0 Å². The summed E-state index contributed by atoms with van der Waals surface area (Å²) in [5.74, 6) is 0.649. The third-order valence-corrected chi connectivity index (χ3v) is 6.02. The zero-order valence-electron chi connectivity index (χ0n) is 19.0. The van der Waals surface area contributed by atoms with Gasteiger partial charge in [-0.1, -0.05) is 84.9 Å². The molecule has 0 aliphatic rings. The van der Waals surface area contributed by atoms with Gasteiger partial charge in [0, 0.05) is 25.2 Å². The first-order valence-electron chi connectivity index (χ1n) is 11.5. The summed E-state index contributed by atoms with van der Waals surface area (Å²) < 4.78 is 5.56. The molecule has 1 heterocycles. The molecule has 170 valence electrons. The summed E-state index contributed by atoms with van der Waals surface area (Å²) in [4.78, 5) is 2.50. The number of aromatic nitrogens is 2. The molecule has 1 aromatic heterocycles. The van der Waals surface area contributed by atoms with Crippen molar-refractivity contribution in [2.24, 2.45) is 0 Å². The molecule has 5 aromatic rings. The molecular weight excluding hydrogens is 422 g/mol. The van der Waals surface area contributed by atoms with Crippen molar-refractivity contribution >= 4 is 10.8 Å². The molecule has 5 rings (SSSR count). The highest BCUT2D eigenvalue weighted by Crippen LogP contribution is 2.27. The van der Waals surface area contributed by atoms with Crippen molar-refractivity contribution in [3.63, 3.8) is 0 Å². The number of aliphatic hydroxyl groups excluding tert-OH is 1. The number of hydrogen-bond donors (Lipinski definition) is 1. The minimum Gasteiger partial charge on any atom is -0.418 e. The van der Waals surface area contributed by atoms with Gasteiger partial charge in [0.25, 0.3) is 0 Å². The zero-order chi connectivity index (χ0) is 23.2. The van der Waals surface area contributed by atoms with Gasteiger partial charge in [-0.25, -0.2) is 0 Å². The summed E-state index contributed by atoms with van der Waals surface area (Å²) in [6.45, 7) is 2.47. The number of benzene rings is 4. The van der Waals surface area contributed by atoms with E-state index in [9.17, 15) is 5.11 Å². The fourth-order valence-electron chi connectivity index (χ4n) is 4.30. The first kappa shape index (κ1) is 22.0. The lowest BCUT2D eigenvalue weighted by Crippen LogP contribution is -2.25. The van der Waals surface area contributed by atoms with E-state index in [4.69, 9.17) is 4.42 Å². The van der Waals surface area contributed by atoms with Gasteiger partial charge in [-0.05, 0) is 46.0 Å². The Morgan fingerprint density at radius 2 is 1.44 bits per heavy atom. The summed E-state index contributed by atoms with van der Waals surface area (Å²) in [6.07, 6.45) is 0.923. The largest absolute Gasteiger partial charge is 0.418 e. The smallest absolute Gasteiger partial charge is 0.247 e. The molecule has 0 radical (unpaired) electrons. The zero-order valence-corrected chi connectivity index (χ0v) is 19.0. The predicted octanol–water partition coefficient (Wildman–Crippen LogP) is 5.63. The second-order valence-electron chi connectivity index (χ2n) is 8.44. The summed E-state index contributed by atoms with van der Waals surface area (Å²) >= 11 is 0. The number of nitrogens with zero attached hydrogens (tertiary/aromatic N) is 3. The quantitative estimate of drug-likeness (QED) is 0.316. The van der Waals surface area contributed by atoms with E-state index in [2.05, 4.69) is 106 Å². The van der Waals surface area contributed by atoms with Crippen LogP contribution in [0.5, 0.6) is 0 Å². The molecule has 0 amide bonds. The van der Waals surface area contributed by atoms with E-state index < -0.39 is 0 Å². The number of aliphatic hydroxyl groups is 1. The van der Waals surface area contributed by atoms with Crippen LogP contribution in [-0.4, -0.2) is 26.7 Å². The van der Waals surface area contributed by atoms with E-state index in [0.29, 0.717) is 5.89 Å². The van der Waals surface area contributed by atoms with Crippen LogP contribution in [0.25, 0.3) is 22.2 Å². The predicted molar refractivity (Wildman–Crippen MR) is 134 cm³/mol. The molecule has 0 fully saturated rings. The molecule has 0 unspecified atom stereocenters. The van der Waals surface area contributed by atoms with Gasteiger partial charge >= 0.3 is 0 Å². The summed E-state index contributed by atoms with van der Waals surface area (Å²) in [7, 11) is 0. The van der Waals surface area contributed by atoms with Crippen molar-refractivity contribution in [3.8, 4) is 11.5 Å². The molecule has 4 aromatic carbocycles. The van der Waals surface area contributed by atoms with Crippen molar-refractivity contribution in [1.29, 1.82) is 0 Å². The van der Waals surface area contributed by atoms with E-state index in [1.165, 1.54) is 27.5 Å². The average molecular weight is 450 g/mol. The van der Waals surface area contributed by atoms with E-state index >= 15 is 0 Å². The van der Waals surface area contributed by atoms with Gasteiger partial charge in [0.2, 0.25) is 11.8 Å². The lowest BCUT2D eigenvalue weighted by Gasteiger charge is -2.23. The minimum atomic E-state index is -0.259. The average Bonchev–Trinajstić information content (AvgIpc) is 3.38. The first-order valence-corrected chi connectivity index (χ1v) is 11.5. The second-order valence-corrected chi connectivity index (χ2v) is 8.44. The van der Waals surface area contributed by atoms with Gasteiger partial charge < -0.3 is 9.52 Å². The number of fused-ring (bicyclic) bond motifs is 1. The summed E-state index contributed by atoms with van der Waals surface area (Å²) in [6, 6.07) is 33.9. The first-order chi connectivity index (χ1) is 16.8. The maximum atomic E-state index is 9.25. The molecule has 34 heavy (non-hydrogen) atoms. The van der Waals surface area contributed by atoms with Crippen LogP contribution in [0, 0.1) is 0 Å². The van der Waals surface area contributed by atoms with E-state index in [1.807, 2.05) is 6.07 Å². The molecule has 0 spiro atoms. The van der Waals surface area contributed by atoms with Gasteiger partial charge in [-0.15, -0.1) is 10.2 Å². The van der Waals surface area contributed by atoms with Crippen LogP contribution in [0.1, 0.15) is 22.6 Å². The lowest BCUT2D eigenvalue weighted by molar-refractivity contribution is 0.241. The Balaban J connectivity index is 1.39. The van der Waals surface area contributed by atoms with E-state index in [0.717, 1.165) is 31.6 Å². The standard InChI is InChI=1S/C29H27N3O2/c33-21-28-30-31-29(34-28)26-15-14-24-12-7-13-25(27(24)18-26)16-17-32(19-22-8-3-1-4-9-22)20-23-10-5-2-6-11-23/h1-15,18,33H,16-17,19-21H2. The Hall–Kier alpha value is -3.80. The maximum Gasteiger partial charge on any atom is 0.247 e. The lowest BCUT2D eigenvalue weighted by atomic mass is 9.99. The van der Waals surface area contributed by atoms with Crippen molar-refractivity contribution in [2.45, 2.75) is 26.1 Å². The fourth-order valence-corrected chi connectivity index (χ4v) is 4.30.